The highest BCUT2D eigenvalue weighted by Gasteiger charge is 2.36. The van der Waals surface area contributed by atoms with Crippen LogP contribution in [-0.2, 0) is 16.0 Å². The first kappa shape index (κ1) is 20.7. The molecule has 0 aromatic heterocycles. The van der Waals surface area contributed by atoms with Crippen LogP contribution < -0.4 is 19.7 Å². The molecule has 2 atom stereocenters. The van der Waals surface area contributed by atoms with Gasteiger partial charge in [-0.2, -0.15) is 0 Å². The van der Waals surface area contributed by atoms with Gasteiger partial charge in [0.1, 0.15) is 11.5 Å². The number of nitrogens with one attached hydrogen (secondary N) is 1. The summed E-state index contributed by atoms with van der Waals surface area (Å²) >= 11 is 0. The number of rotatable bonds is 8. The van der Waals surface area contributed by atoms with Gasteiger partial charge < -0.3 is 19.7 Å². The van der Waals surface area contributed by atoms with E-state index in [2.05, 4.69) is 17.4 Å². The van der Waals surface area contributed by atoms with E-state index in [1.807, 2.05) is 25.1 Å². The lowest BCUT2D eigenvalue weighted by Gasteiger charge is -2.21. The molecule has 6 nitrogen and oxygen atoms in total. The third-order valence-corrected chi connectivity index (χ3v) is 5.27. The number of hydrogen-bond donors (Lipinski definition) is 1. The van der Waals surface area contributed by atoms with Crippen LogP contribution in [0.4, 0.5) is 5.69 Å². The summed E-state index contributed by atoms with van der Waals surface area (Å²) in [6.07, 6.45) is 1.96. The smallest absolute Gasteiger partial charge is 0.227 e. The molecule has 1 heterocycles. The minimum atomic E-state index is -0.367. The number of amides is 2. The quantitative estimate of drug-likeness (QED) is 0.744. The molecule has 1 saturated heterocycles. The van der Waals surface area contributed by atoms with Crippen LogP contribution in [0.3, 0.4) is 0 Å². The predicted molar refractivity (Wildman–Crippen MR) is 112 cm³/mol. The van der Waals surface area contributed by atoms with E-state index in [4.69, 9.17) is 9.47 Å². The molecule has 154 valence electrons. The lowest BCUT2D eigenvalue weighted by atomic mass is 10.0. The fraction of sp³-hybridized carbons (Fsp3) is 0.391. The Balaban J connectivity index is 1.58. The summed E-state index contributed by atoms with van der Waals surface area (Å²) in [5, 5.41) is 3.06. The Kier molecular flexibility index (Phi) is 6.75. The van der Waals surface area contributed by atoms with Gasteiger partial charge >= 0.3 is 0 Å². The number of aryl methyl sites for hydroxylation is 1. The molecule has 2 aromatic rings. The maximum Gasteiger partial charge on any atom is 0.227 e. The third-order valence-electron chi connectivity index (χ3n) is 5.27. The molecule has 1 fully saturated rings. The van der Waals surface area contributed by atoms with Crippen molar-refractivity contribution in [2.24, 2.45) is 5.92 Å². The van der Waals surface area contributed by atoms with E-state index in [9.17, 15) is 9.59 Å². The lowest BCUT2D eigenvalue weighted by molar-refractivity contribution is -0.126. The average Bonchev–Trinajstić information content (AvgIpc) is 3.14. The van der Waals surface area contributed by atoms with E-state index in [-0.39, 0.29) is 30.2 Å². The summed E-state index contributed by atoms with van der Waals surface area (Å²) in [4.78, 5) is 26.9. The zero-order valence-corrected chi connectivity index (χ0v) is 17.2. The Morgan fingerprint density at radius 3 is 2.62 bits per heavy atom. The van der Waals surface area contributed by atoms with Crippen LogP contribution in [-0.4, -0.2) is 38.6 Å². The highest BCUT2D eigenvalue weighted by Crippen LogP contribution is 2.35. The van der Waals surface area contributed by atoms with Crippen LogP contribution in [0.5, 0.6) is 11.5 Å². The van der Waals surface area contributed by atoms with Crippen molar-refractivity contribution in [2.75, 3.05) is 25.7 Å². The van der Waals surface area contributed by atoms with E-state index in [0.29, 0.717) is 23.7 Å². The van der Waals surface area contributed by atoms with Crippen LogP contribution in [0.2, 0.25) is 0 Å². The molecule has 3 rings (SSSR count). The summed E-state index contributed by atoms with van der Waals surface area (Å²) in [7, 11) is 3.13. The minimum Gasteiger partial charge on any atom is -0.497 e. The van der Waals surface area contributed by atoms with Gasteiger partial charge in [0.15, 0.2) is 0 Å². The molecule has 0 bridgehead atoms. The molecule has 6 heteroatoms. The summed E-state index contributed by atoms with van der Waals surface area (Å²) in [6.45, 7) is 2.35. The van der Waals surface area contributed by atoms with Gasteiger partial charge in [0, 0.05) is 25.1 Å². The van der Waals surface area contributed by atoms with Gasteiger partial charge in [-0.1, -0.05) is 30.3 Å². The molecular formula is C23H28N2O4. The van der Waals surface area contributed by atoms with Crippen LogP contribution in [0.25, 0.3) is 0 Å². The number of hydrogen-bond acceptors (Lipinski definition) is 4. The van der Waals surface area contributed by atoms with E-state index in [0.717, 1.165) is 12.8 Å². The second-order valence-electron chi connectivity index (χ2n) is 7.38. The van der Waals surface area contributed by atoms with Gasteiger partial charge in [0.05, 0.1) is 25.8 Å². The first-order chi connectivity index (χ1) is 14.0. The monoisotopic (exact) mass is 396 g/mol. The average molecular weight is 396 g/mol. The SMILES string of the molecule is COc1ccc(N2C[C@H](C(=O)N[C@@H](C)CCc3ccccc3)CC2=O)c(OC)c1. The van der Waals surface area contributed by atoms with Crippen molar-refractivity contribution in [3.05, 3.63) is 54.1 Å². The van der Waals surface area contributed by atoms with Gasteiger partial charge in [-0.25, -0.2) is 0 Å². The fourth-order valence-corrected chi connectivity index (χ4v) is 3.58. The molecular weight excluding hydrogens is 368 g/mol. The third kappa shape index (κ3) is 5.08. The molecule has 0 spiro atoms. The number of methoxy groups -OCH3 is 2. The molecule has 0 aliphatic carbocycles. The molecule has 2 amide bonds. The lowest BCUT2D eigenvalue weighted by Crippen LogP contribution is -2.38. The first-order valence-corrected chi connectivity index (χ1v) is 9.88. The molecule has 0 radical (unpaired) electrons. The van der Waals surface area contributed by atoms with Gasteiger partial charge in [-0.15, -0.1) is 0 Å². The van der Waals surface area contributed by atoms with Crippen LogP contribution in [0, 0.1) is 5.92 Å². The maximum atomic E-state index is 12.7. The molecule has 1 N–H and O–H groups in total. The van der Waals surface area contributed by atoms with E-state index >= 15 is 0 Å². The molecule has 1 aliphatic rings. The van der Waals surface area contributed by atoms with Crippen molar-refractivity contribution >= 4 is 17.5 Å². The topological polar surface area (TPSA) is 67.9 Å². The number of nitrogens with zero attached hydrogens (tertiary/aromatic N) is 1. The van der Waals surface area contributed by atoms with Crippen molar-refractivity contribution in [1.29, 1.82) is 0 Å². The zero-order chi connectivity index (χ0) is 20.8. The first-order valence-electron chi connectivity index (χ1n) is 9.88. The molecule has 0 saturated carbocycles. The summed E-state index contributed by atoms with van der Waals surface area (Å²) < 4.78 is 10.6. The molecule has 2 aromatic carbocycles. The predicted octanol–water partition coefficient (Wildman–Crippen LogP) is 3.19. The normalized spacial score (nSPS) is 17.1. The van der Waals surface area contributed by atoms with Crippen LogP contribution in [0.1, 0.15) is 25.3 Å². The van der Waals surface area contributed by atoms with Crippen molar-refractivity contribution in [3.8, 4) is 11.5 Å². The molecule has 29 heavy (non-hydrogen) atoms. The van der Waals surface area contributed by atoms with E-state index in [1.165, 1.54) is 5.56 Å². The minimum absolute atomic E-state index is 0.0439. The number of ether oxygens (including phenoxy) is 2. The summed E-state index contributed by atoms with van der Waals surface area (Å²) in [5.74, 6) is 0.682. The summed E-state index contributed by atoms with van der Waals surface area (Å²) in [5.41, 5.74) is 1.91. The Bertz CT molecular complexity index is 853. The van der Waals surface area contributed by atoms with Crippen molar-refractivity contribution in [1.82, 2.24) is 5.32 Å². The summed E-state index contributed by atoms with van der Waals surface area (Å²) in [6, 6.07) is 15.6. The standard InChI is InChI=1S/C23H28N2O4/c1-16(9-10-17-7-5-4-6-8-17)24-23(27)18-13-22(26)25(15-18)20-12-11-19(28-2)14-21(20)29-3/h4-8,11-12,14,16,18H,9-10,13,15H2,1-3H3,(H,24,27)/t16-,18+/m0/s1. The van der Waals surface area contributed by atoms with Gasteiger partial charge in [0.25, 0.3) is 0 Å². The second-order valence-corrected chi connectivity index (χ2v) is 7.38. The highest BCUT2D eigenvalue weighted by molar-refractivity contribution is 6.01. The Labute approximate surface area is 171 Å². The number of carbonyl (C=O) groups is 2. The largest absolute Gasteiger partial charge is 0.497 e. The maximum absolute atomic E-state index is 12.7. The highest BCUT2D eigenvalue weighted by atomic mass is 16.5. The van der Waals surface area contributed by atoms with Gasteiger partial charge in [-0.3, -0.25) is 9.59 Å². The Morgan fingerprint density at radius 1 is 1.17 bits per heavy atom. The zero-order valence-electron chi connectivity index (χ0n) is 17.2. The van der Waals surface area contributed by atoms with E-state index in [1.54, 1.807) is 37.3 Å². The second kappa shape index (κ2) is 9.45. The van der Waals surface area contributed by atoms with Crippen molar-refractivity contribution in [2.45, 2.75) is 32.2 Å². The molecule has 0 unspecified atom stereocenters. The molecule has 1 aliphatic heterocycles. The van der Waals surface area contributed by atoms with Crippen LogP contribution in [0.15, 0.2) is 48.5 Å². The van der Waals surface area contributed by atoms with Crippen LogP contribution >= 0.6 is 0 Å². The van der Waals surface area contributed by atoms with Crippen molar-refractivity contribution < 1.29 is 19.1 Å². The van der Waals surface area contributed by atoms with E-state index < -0.39 is 0 Å². The fourth-order valence-electron chi connectivity index (χ4n) is 3.58. The number of carbonyl (C=O) groups excluding carboxylic acids is 2. The number of anilines is 1. The van der Waals surface area contributed by atoms with Gasteiger partial charge in [-0.05, 0) is 37.5 Å². The Hall–Kier alpha value is -3.02. The Morgan fingerprint density at radius 2 is 1.93 bits per heavy atom. The van der Waals surface area contributed by atoms with Crippen molar-refractivity contribution in [3.63, 3.8) is 0 Å². The van der Waals surface area contributed by atoms with Gasteiger partial charge in [0.2, 0.25) is 11.8 Å². The number of benzene rings is 2.